The Kier molecular flexibility index (Phi) is 5.78. The van der Waals surface area contributed by atoms with Gasteiger partial charge in [0.1, 0.15) is 5.75 Å². The molecule has 1 aromatic rings. The van der Waals surface area contributed by atoms with Crippen LogP contribution in [0, 0.1) is 11.8 Å². The van der Waals surface area contributed by atoms with Gasteiger partial charge in [0.25, 0.3) is 0 Å². The number of carbonyl (C=O) groups excluding carboxylic acids is 2. The maximum atomic E-state index is 12.7. The lowest BCUT2D eigenvalue weighted by Crippen LogP contribution is -2.62. The van der Waals surface area contributed by atoms with E-state index in [0.717, 1.165) is 69.8 Å². The number of methoxy groups -OCH3 is 1. The van der Waals surface area contributed by atoms with Crippen molar-refractivity contribution in [3.63, 3.8) is 0 Å². The molecule has 4 aliphatic heterocycles. The summed E-state index contributed by atoms with van der Waals surface area (Å²) in [6, 6.07) is 8.46. The Morgan fingerprint density at radius 3 is 2.58 bits per heavy atom. The van der Waals surface area contributed by atoms with Crippen molar-refractivity contribution in [3.8, 4) is 5.75 Å². The van der Waals surface area contributed by atoms with E-state index in [2.05, 4.69) is 15.1 Å². The van der Waals surface area contributed by atoms with E-state index < -0.39 is 0 Å². The van der Waals surface area contributed by atoms with Crippen LogP contribution in [0.2, 0.25) is 0 Å². The number of urea groups is 1. The summed E-state index contributed by atoms with van der Waals surface area (Å²) < 4.78 is 5.17. The summed E-state index contributed by atoms with van der Waals surface area (Å²) in [5.74, 6) is 2.42. The van der Waals surface area contributed by atoms with Gasteiger partial charge >= 0.3 is 6.03 Å². The number of hydrogen-bond donors (Lipinski definition) is 1. The zero-order chi connectivity index (χ0) is 21.4. The predicted octanol–water partition coefficient (Wildman–Crippen LogP) is 3.02. The summed E-state index contributed by atoms with van der Waals surface area (Å²) in [5, 5.41) is 3.01. The maximum absolute atomic E-state index is 12.7. The summed E-state index contributed by atoms with van der Waals surface area (Å²) in [6.07, 6.45) is 6.33. The molecule has 4 heterocycles. The molecule has 3 amide bonds. The lowest BCUT2D eigenvalue weighted by molar-refractivity contribution is -0.145. The Morgan fingerprint density at radius 1 is 1.06 bits per heavy atom. The Hall–Kier alpha value is -2.28. The largest absolute Gasteiger partial charge is 0.497 e. The molecule has 1 N–H and O–H groups in total. The molecule has 4 saturated heterocycles. The third-order valence-electron chi connectivity index (χ3n) is 7.82. The minimum atomic E-state index is -0.0181. The van der Waals surface area contributed by atoms with Crippen LogP contribution in [0.5, 0.6) is 5.75 Å². The molecule has 168 valence electrons. The number of nitrogens with one attached hydrogen (secondary N) is 1. The van der Waals surface area contributed by atoms with E-state index in [0.29, 0.717) is 29.8 Å². The van der Waals surface area contributed by atoms with E-state index in [9.17, 15) is 9.59 Å². The topological polar surface area (TPSA) is 65.1 Å². The average Bonchev–Trinajstić information content (AvgIpc) is 2.80. The van der Waals surface area contributed by atoms with E-state index in [1.54, 1.807) is 7.11 Å². The highest BCUT2D eigenvalue weighted by molar-refractivity contribution is 5.89. The normalized spacial score (nSPS) is 29.5. The summed E-state index contributed by atoms with van der Waals surface area (Å²) >= 11 is 0. The average molecular weight is 427 g/mol. The van der Waals surface area contributed by atoms with Gasteiger partial charge in [-0.2, -0.15) is 0 Å². The first kappa shape index (κ1) is 20.6. The Morgan fingerprint density at radius 2 is 1.84 bits per heavy atom. The van der Waals surface area contributed by atoms with Crippen molar-refractivity contribution >= 4 is 17.6 Å². The van der Waals surface area contributed by atoms with Gasteiger partial charge in [0, 0.05) is 56.9 Å². The number of anilines is 1. The van der Waals surface area contributed by atoms with Crippen LogP contribution in [0.1, 0.15) is 38.5 Å². The molecule has 4 fully saturated rings. The molecule has 3 atom stereocenters. The van der Waals surface area contributed by atoms with Crippen LogP contribution >= 0.6 is 0 Å². The number of ether oxygens (including phenoxy) is 1. The van der Waals surface area contributed by atoms with Crippen molar-refractivity contribution in [3.05, 3.63) is 24.3 Å². The lowest BCUT2D eigenvalue weighted by atomic mass is 9.75. The van der Waals surface area contributed by atoms with Gasteiger partial charge in [0.2, 0.25) is 5.91 Å². The first-order chi connectivity index (χ1) is 15.1. The molecule has 0 saturated carbocycles. The SMILES string of the molecule is COc1ccc(NC(=O)N2CCC(N3CC4CC(C3)[C@H]3CCCC(=O)N3C4)CC2)cc1. The molecule has 4 aliphatic rings. The zero-order valence-electron chi connectivity index (χ0n) is 18.5. The molecule has 1 aromatic carbocycles. The molecule has 2 bridgehead atoms. The van der Waals surface area contributed by atoms with Crippen molar-refractivity contribution in [2.45, 2.75) is 50.6 Å². The fraction of sp³-hybridized carbons (Fsp3) is 0.667. The van der Waals surface area contributed by atoms with Crippen LogP contribution in [0.15, 0.2) is 24.3 Å². The number of benzene rings is 1. The van der Waals surface area contributed by atoms with Crippen molar-refractivity contribution in [1.29, 1.82) is 0 Å². The standard InChI is InChI=1S/C24H34N4O3/c1-31-21-7-5-19(6-8-21)25-24(30)26-11-9-20(10-12-26)27-14-17-13-18(16-27)22-3-2-4-23(29)28(22)15-17/h5-8,17-18,20,22H,2-4,9-16H2,1H3,(H,25,30)/t17?,18?,22-/m1/s1. The van der Waals surface area contributed by atoms with Gasteiger partial charge in [-0.1, -0.05) is 0 Å². The quantitative estimate of drug-likeness (QED) is 0.807. The summed E-state index contributed by atoms with van der Waals surface area (Å²) in [7, 11) is 1.64. The molecule has 2 unspecified atom stereocenters. The summed E-state index contributed by atoms with van der Waals surface area (Å²) in [6.45, 7) is 4.78. The van der Waals surface area contributed by atoms with Crippen LogP contribution in [0.4, 0.5) is 10.5 Å². The van der Waals surface area contributed by atoms with Gasteiger partial charge in [-0.3, -0.25) is 9.69 Å². The minimum absolute atomic E-state index is 0.0181. The molecule has 0 aromatic heterocycles. The minimum Gasteiger partial charge on any atom is -0.497 e. The number of rotatable bonds is 3. The van der Waals surface area contributed by atoms with Gasteiger partial charge in [-0.15, -0.1) is 0 Å². The molecule has 0 spiro atoms. The van der Waals surface area contributed by atoms with Gasteiger partial charge in [0.15, 0.2) is 0 Å². The van der Waals surface area contributed by atoms with Crippen molar-refractivity contribution in [2.24, 2.45) is 11.8 Å². The third kappa shape index (κ3) is 4.25. The molecular formula is C24H34N4O3. The van der Waals surface area contributed by atoms with Crippen LogP contribution in [-0.4, -0.2) is 78.6 Å². The molecule has 7 nitrogen and oxygen atoms in total. The number of carbonyl (C=O) groups is 2. The van der Waals surface area contributed by atoms with Crippen LogP contribution < -0.4 is 10.1 Å². The smallest absolute Gasteiger partial charge is 0.321 e. The van der Waals surface area contributed by atoms with Crippen LogP contribution in [0.25, 0.3) is 0 Å². The van der Waals surface area contributed by atoms with E-state index in [1.165, 1.54) is 12.8 Å². The second-order valence-electron chi connectivity index (χ2n) is 9.70. The lowest BCUT2D eigenvalue weighted by Gasteiger charge is -2.54. The zero-order valence-corrected chi connectivity index (χ0v) is 18.5. The van der Waals surface area contributed by atoms with Gasteiger partial charge in [-0.05, 0) is 68.2 Å². The molecular weight excluding hydrogens is 392 g/mol. The highest BCUT2D eigenvalue weighted by atomic mass is 16.5. The second kappa shape index (κ2) is 8.69. The fourth-order valence-electron chi connectivity index (χ4n) is 6.26. The van der Waals surface area contributed by atoms with E-state index in [-0.39, 0.29) is 6.03 Å². The number of fused-ring (bicyclic) bond motifs is 4. The van der Waals surface area contributed by atoms with Crippen molar-refractivity contribution in [2.75, 3.05) is 45.2 Å². The van der Waals surface area contributed by atoms with Crippen LogP contribution in [-0.2, 0) is 4.79 Å². The first-order valence-electron chi connectivity index (χ1n) is 11.8. The Balaban J connectivity index is 1.14. The molecule has 5 rings (SSSR count). The number of nitrogens with zero attached hydrogens (tertiary/aromatic N) is 3. The van der Waals surface area contributed by atoms with E-state index >= 15 is 0 Å². The van der Waals surface area contributed by atoms with Gasteiger partial charge in [-0.25, -0.2) is 4.79 Å². The number of amides is 3. The summed E-state index contributed by atoms with van der Waals surface area (Å²) in [5.41, 5.74) is 0.795. The van der Waals surface area contributed by atoms with Gasteiger partial charge in [0.05, 0.1) is 7.11 Å². The number of hydrogen-bond acceptors (Lipinski definition) is 4. The molecule has 0 aliphatic carbocycles. The van der Waals surface area contributed by atoms with Crippen molar-refractivity contribution in [1.82, 2.24) is 14.7 Å². The van der Waals surface area contributed by atoms with E-state index in [1.807, 2.05) is 29.2 Å². The molecule has 31 heavy (non-hydrogen) atoms. The highest BCUT2D eigenvalue weighted by Gasteiger charge is 2.45. The maximum Gasteiger partial charge on any atom is 0.321 e. The van der Waals surface area contributed by atoms with Crippen molar-refractivity contribution < 1.29 is 14.3 Å². The predicted molar refractivity (Wildman–Crippen MR) is 119 cm³/mol. The number of piperidine rings is 4. The number of likely N-dealkylation sites (tertiary alicyclic amines) is 2. The molecule has 7 heteroatoms. The third-order valence-corrected chi connectivity index (χ3v) is 7.82. The first-order valence-corrected chi connectivity index (χ1v) is 11.8. The Labute approximate surface area is 184 Å². The summed E-state index contributed by atoms with van der Waals surface area (Å²) in [4.78, 5) is 31.9. The van der Waals surface area contributed by atoms with E-state index in [4.69, 9.17) is 4.74 Å². The monoisotopic (exact) mass is 426 g/mol. The second-order valence-corrected chi connectivity index (χ2v) is 9.70. The highest BCUT2D eigenvalue weighted by Crippen LogP contribution is 2.39. The van der Waals surface area contributed by atoms with Gasteiger partial charge < -0.3 is 19.9 Å². The molecule has 0 radical (unpaired) electrons. The van der Waals surface area contributed by atoms with Crippen LogP contribution in [0.3, 0.4) is 0 Å². The Bertz CT molecular complexity index is 806. The fourth-order valence-corrected chi connectivity index (χ4v) is 6.26.